The van der Waals surface area contributed by atoms with Crippen LogP contribution in [0.25, 0.3) is 0 Å². The molecule has 1 unspecified atom stereocenters. The summed E-state index contributed by atoms with van der Waals surface area (Å²) in [6, 6.07) is 5.30. The molecule has 1 aromatic carbocycles. The van der Waals surface area contributed by atoms with Crippen LogP contribution in [0.2, 0.25) is 0 Å². The van der Waals surface area contributed by atoms with Crippen molar-refractivity contribution in [1.82, 2.24) is 0 Å². The number of benzene rings is 1. The number of hydrogen-bond acceptors (Lipinski definition) is 6. The molecular formula is C14H23O5PS2. The Labute approximate surface area is 137 Å². The smallest absolute Gasteiger partial charge is 0.298 e. The summed E-state index contributed by atoms with van der Waals surface area (Å²) >= 11 is 1.34. The van der Waals surface area contributed by atoms with Gasteiger partial charge in [0.15, 0.2) is 0 Å². The maximum Gasteiger partial charge on any atom is 0.298 e. The predicted octanol–water partition coefficient (Wildman–Crippen LogP) is 3.97. The van der Waals surface area contributed by atoms with Crippen LogP contribution >= 0.6 is 19.1 Å². The normalized spacial score (nSPS) is 15.0. The van der Waals surface area contributed by atoms with Crippen LogP contribution in [0.3, 0.4) is 0 Å². The maximum atomic E-state index is 12.5. The van der Waals surface area contributed by atoms with Crippen molar-refractivity contribution in [3.05, 3.63) is 23.8 Å². The Kier molecular flexibility index (Phi) is 7.15. The van der Waals surface area contributed by atoms with Crippen molar-refractivity contribution < 1.29 is 21.7 Å². The third kappa shape index (κ3) is 5.39. The van der Waals surface area contributed by atoms with Crippen molar-refractivity contribution in [2.45, 2.75) is 43.1 Å². The highest BCUT2D eigenvalue weighted by atomic mass is 32.2. The van der Waals surface area contributed by atoms with Crippen molar-refractivity contribution in [3.63, 3.8) is 0 Å². The topological polar surface area (TPSA) is 69.7 Å². The lowest BCUT2D eigenvalue weighted by molar-refractivity contribution is 0.230. The van der Waals surface area contributed by atoms with Gasteiger partial charge in [-0.3, -0.25) is 8.75 Å². The van der Waals surface area contributed by atoms with Gasteiger partial charge in [0, 0.05) is 11.6 Å². The van der Waals surface area contributed by atoms with E-state index in [1.54, 1.807) is 32.2 Å². The number of aryl methyl sites for hydroxylation is 1. The third-order valence-electron chi connectivity index (χ3n) is 2.79. The predicted molar refractivity (Wildman–Crippen MR) is 90.5 cm³/mol. The molecule has 0 aliphatic rings. The largest absolute Gasteiger partial charge is 0.324 e. The molecule has 126 valence electrons. The first kappa shape index (κ1) is 19.7. The summed E-state index contributed by atoms with van der Waals surface area (Å²) in [5.41, 5.74) is 0.683. The molecule has 22 heavy (non-hydrogen) atoms. The fraction of sp³-hybridized carbons (Fsp3) is 0.571. The molecule has 0 spiro atoms. The minimum atomic E-state index is -3.99. The van der Waals surface area contributed by atoms with Crippen LogP contribution in [0.15, 0.2) is 28.0 Å². The molecule has 0 aliphatic carbocycles. The monoisotopic (exact) mass is 366 g/mol. The number of hydrogen-bond donors (Lipinski definition) is 0. The summed E-state index contributed by atoms with van der Waals surface area (Å²) < 4.78 is 47.5. The molecule has 0 saturated heterocycles. The lowest BCUT2D eigenvalue weighted by Crippen LogP contribution is -2.13. The number of rotatable bonds is 8. The lowest BCUT2D eigenvalue weighted by atomic mass is 10.2. The van der Waals surface area contributed by atoms with Crippen molar-refractivity contribution in [3.8, 4) is 0 Å². The van der Waals surface area contributed by atoms with Gasteiger partial charge in [-0.05, 0) is 38.2 Å². The van der Waals surface area contributed by atoms with Crippen molar-refractivity contribution >= 4 is 29.2 Å². The summed E-state index contributed by atoms with van der Waals surface area (Å²) in [6.45, 7) is 6.74. The summed E-state index contributed by atoms with van der Waals surface area (Å²) in [7, 11) is -7.11. The SMILES string of the molecule is CCc1cccc(SC)c1S(=O)(=O)OCP(C)(=O)OC(C)C. The molecule has 0 radical (unpaired) electrons. The van der Waals surface area contributed by atoms with Gasteiger partial charge in [-0.1, -0.05) is 19.1 Å². The van der Waals surface area contributed by atoms with E-state index in [0.717, 1.165) is 0 Å². The van der Waals surface area contributed by atoms with Crippen LogP contribution in [0.5, 0.6) is 0 Å². The van der Waals surface area contributed by atoms with E-state index in [2.05, 4.69) is 0 Å². The minimum absolute atomic E-state index is 0.162. The zero-order valence-corrected chi connectivity index (χ0v) is 16.1. The van der Waals surface area contributed by atoms with E-state index < -0.39 is 23.8 Å². The second kappa shape index (κ2) is 7.97. The zero-order chi connectivity index (χ0) is 17.0. The van der Waals surface area contributed by atoms with E-state index in [0.29, 0.717) is 16.9 Å². The Morgan fingerprint density at radius 1 is 1.32 bits per heavy atom. The lowest BCUT2D eigenvalue weighted by Gasteiger charge is -2.18. The highest BCUT2D eigenvalue weighted by Gasteiger charge is 2.27. The van der Waals surface area contributed by atoms with Gasteiger partial charge in [0.2, 0.25) is 7.37 Å². The molecule has 8 heteroatoms. The molecule has 0 amide bonds. The second-order valence-electron chi connectivity index (χ2n) is 5.17. The quantitative estimate of drug-likeness (QED) is 0.394. The van der Waals surface area contributed by atoms with Crippen molar-refractivity contribution in [2.75, 3.05) is 19.3 Å². The van der Waals surface area contributed by atoms with Crippen LogP contribution in [0.4, 0.5) is 0 Å². The molecule has 0 saturated carbocycles. The fourth-order valence-corrected chi connectivity index (χ4v) is 6.31. The Morgan fingerprint density at radius 3 is 2.45 bits per heavy atom. The van der Waals surface area contributed by atoms with Gasteiger partial charge in [0.1, 0.15) is 11.2 Å². The van der Waals surface area contributed by atoms with Crippen LogP contribution in [-0.2, 0) is 29.8 Å². The summed E-state index contributed by atoms with van der Waals surface area (Å²) in [5, 5.41) is 0. The van der Waals surface area contributed by atoms with E-state index in [1.165, 1.54) is 18.4 Å². The van der Waals surface area contributed by atoms with E-state index in [4.69, 9.17) is 8.71 Å². The summed E-state index contributed by atoms with van der Waals surface area (Å²) in [6.07, 6.45) is 1.66. The molecule has 0 bridgehead atoms. The van der Waals surface area contributed by atoms with Crippen LogP contribution < -0.4 is 0 Å². The van der Waals surface area contributed by atoms with E-state index in [-0.39, 0.29) is 11.0 Å². The van der Waals surface area contributed by atoms with Crippen molar-refractivity contribution in [1.29, 1.82) is 0 Å². The van der Waals surface area contributed by atoms with Gasteiger partial charge in [-0.15, -0.1) is 11.8 Å². The molecule has 0 N–H and O–H groups in total. The molecule has 0 aromatic heterocycles. The Bertz CT molecular complexity index is 633. The Balaban J connectivity index is 3.08. The van der Waals surface area contributed by atoms with Gasteiger partial charge in [-0.25, -0.2) is 0 Å². The van der Waals surface area contributed by atoms with Gasteiger partial charge in [0.05, 0.1) is 6.10 Å². The average molecular weight is 366 g/mol. The average Bonchev–Trinajstić information content (AvgIpc) is 2.43. The van der Waals surface area contributed by atoms with Gasteiger partial charge < -0.3 is 4.52 Å². The Hall–Kier alpha value is -0.330. The van der Waals surface area contributed by atoms with Gasteiger partial charge >= 0.3 is 0 Å². The molecule has 5 nitrogen and oxygen atoms in total. The minimum Gasteiger partial charge on any atom is -0.324 e. The van der Waals surface area contributed by atoms with Gasteiger partial charge in [-0.2, -0.15) is 8.42 Å². The molecule has 1 aromatic rings. The third-order valence-corrected chi connectivity index (χ3v) is 6.75. The van der Waals surface area contributed by atoms with E-state index >= 15 is 0 Å². The standard InChI is InChI=1S/C14H23O5PS2/c1-6-12-8-7-9-13(21-5)14(12)22(16,17)18-10-20(4,15)19-11(2)3/h7-9,11H,6,10H2,1-5H3. The van der Waals surface area contributed by atoms with E-state index in [9.17, 15) is 13.0 Å². The maximum absolute atomic E-state index is 12.5. The Morgan fingerprint density at radius 2 is 1.95 bits per heavy atom. The summed E-state index contributed by atoms with van der Waals surface area (Å²) in [5.74, 6) is 0. The first-order valence-electron chi connectivity index (χ1n) is 6.93. The second-order valence-corrected chi connectivity index (χ2v) is 10.1. The van der Waals surface area contributed by atoms with Gasteiger partial charge in [0.25, 0.3) is 10.1 Å². The zero-order valence-electron chi connectivity index (χ0n) is 13.5. The molecule has 1 atom stereocenters. The fourth-order valence-electron chi connectivity index (χ4n) is 1.98. The highest BCUT2D eigenvalue weighted by molar-refractivity contribution is 7.99. The molecule has 0 heterocycles. The summed E-state index contributed by atoms with van der Waals surface area (Å²) in [4.78, 5) is 0.782. The van der Waals surface area contributed by atoms with E-state index in [1.807, 2.05) is 13.0 Å². The molecule has 0 aliphatic heterocycles. The highest BCUT2D eigenvalue weighted by Crippen LogP contribution is 2.45. The van der Waals surface area contributed by atoms with Crippen LogP contribution in [0, 0.1) is 0 Å². The molecule has 1 rings (SSSR count). The van der Waals surface area contributed by atoms with Crippen molar-refractivity contribution in [2.24, 2.45) is 0 Å². The molecular weight excluding hydrogens is 343 g/mol. The van der Waals surface area contributed by atoms with Crippen LogP contribution in [0.1, 0.15) is 26.3 Å². The first-order chi connectivity index (χ1) is 10.1. The van der Waals surface area contributed by atoms with Crippen LogP contribution in [-0.4, -0.2) is 33.8 Å². The first-order valence-corrected chi connectivity index (χ1v) is 11.8. The number of thioether (sulfide) groups is 1. The molecule has 0 fully saturated rings.